The van der Waals surface area contributed by atoms with Crippen LogP contribution < -0.4 is 10.1 Å². The average Bonchev–Trinajstić information content (AvgIpc) is 3.08. The van der Waals surface area contributed by atoms with E-state index in [1.54, 1.807) is 47.8 Å². The molecular formula is C19H14Cl2N2O3S. The Morgan fingerprint density at radius 1 is 1.19 bits per heavy atom. The number of carbonyl (C=O) groups excluding carboxylic acids is 2. The molecule has 0 fully saturated rings. The molecule has 0 spiro atoms. The summed E-state index contributed by atoms with van der Waals surface area (Å²) in [7, 11) is 0. The van der Waals surface area contributed by atoms with E-state index in [2.05, 4.69) is 10.3 Å². The lowest BCUT2D eigenvalue weighted by atomic mass is 10.1. The fourth-order valence-electron chi connectivity index (χ4n) is 2.26. The zero-order valence-corrected chi connectivity index (χ0v) is 16.5. The normalized spacial score (nSPS) is 10.5. The minimum Gasteiger partial charge on any atom is -0.484 e. The third-order valence-corrected chi connectivity index (χ3v) is 4.87. The van der Waals surface area contributed by atoms with Crippen molar-refractivity contribution in [1.82, 2.24) is 4.98 Å². The van der Waals surface area contributed by atoms with Crippen LogP contribution in [0.15, 0.2) is 47.8 Å². The van der Waals surface area contributed by atoms with Gasteiger partial charge in [0.2, 0.25) is 0 Å². The molecule has 3 rings (SSSR count). The maximum atomic E-state index is 12.1. The summed E-state index contributed by atoms with van der Waals surface area (Å²) >= 11 is 13.4. The van der Waals surface area contributed by atoms with Crippen LogP contribution in [0.2, 0.25) is 10.0 Å². The van der Waals surface area contributed by atoms with E-state index in [4.69, 9.17) is 27.9 Å². The summed E-state index contributed by atoms with van der Waals surface area (Å²) < 4.78 is 5.43. The van der Waals surface area contributed by atoms with Crippen molar-refractivity contribution in [3.63, 3.8) is 0 Å². The number of benzene rings is 2. The van der Waals surface area contributed by atoms with Crippen molar-refractivity contribution >= 4 is 51.4 Å². The van der Waals surface area contributed by atoms with Crippen LogP contribution in [0.25, 0.3) is 11.3 Å². The molecule has 1 aromatic heterocycles. The van der Waals surface area contributed by atoms with Gasteiger partial charge in [-0.1, -0.05) is 35.3 Å². The number of aromatic nitrogens is 1. The first-order valence-electron chi connectivity index (χ1n) is 7.87. The van der Waals surface area contributed by atoms with Crippen LogP contribution in [0.1, 0.15) is 17.3 Å². The number of nitrogens with zero attached hydrogens (tertiary/aromatic N) is 1. The van der Waals surface area contributed by atoms with Gasteiger partial charge < -0.3 is 4.74 Å². The molecule has 1 amide bonds. The highest BCUT2D eigenvalue weighted by Gasteiger charge is 2.11. The van der Waals surface area contributed by atoms with Gasteiger partial charge >= 0.3 is 0 Å². The first-order valence-corrected chi connectivity index (χ1v) is 9.50. The molecule has 1 heterocycles. The second-order valence-corrected chi connectivity index (χ2v) is 7.28. The molecule has 0 radical (unpaired) electrons. The largest absolute Gasteiger partial charge is 0.484 e. The number of halogens is 2. The smallest absolute Gasteiger partial charge is 0.264 e. The van der Waals surface area contributed by atoms with E-state index in [0.717, 1.165) is 5.56 Å². The van der Waals surface area contributed by atoms with Crippen LogP contribution in [-0.4, -0.2) is 23.3 Å². The highest BCUT2D eigenvalue weighted by molar-refractivity contribution is 7.14. The number of anilines is 1. The molecule has 0 atom stereocenters. The third kappa shape index (κ3) is 5.07. The number of carbonyl (C=O) groups is 2. The molecule has 0 aliphatic rings. The number of rotatable bonds is 6. The van der Waals surface area contributed by atoms with E-state index in [1.165, 1.54) is 18.3 Å². The summed E-state index contributed by atoms with van der Waals surface area (Å²) in [6.45, 7) is 1.27. The van der Waals surface area contributed by atoms with Gasteiger partial charge in [0.1, 0.15) is 5.75 Å². The number of amides is 1. The Morgan fingerprint density at radius 3 is 2.74 bits per heavy atom. The van der Waals surface area contributed by atoms with E-state index in [1.807, 2.05) is 0 Å². The Hall–Kier alpha value is -2.41. The minimum atomic E-state index is -0.355. The summed E-state index contributed by atoms with van der Waals surface area (Å²) in [5.74, 6) is 0.0260. The topological polar surface area (TPSA) is 68.3 Å². The summed E-state index contributed by atoms with van der Waals surface area (Å²) in [6.07, 6.45) is 0. The van der Waals surface area contributed by atoms with Gasteiger partial charge in [0.05, 0.1) is 10.7 Å². The van der Waals surface area contributed by atoms with Gasteiger partial charge in [-0.3, -0.25) is 14.9 Å². The molecule has 2 aromatic carbocycles. The molecule has 0 aliphatic carbocycles. The Labute approximate surface area is 169 Å². The van der Waals surface area contributed by atoms with Crippen molar-refractivity contribution in [2.75, 3.05) is 11.9 Å². The van der Waals surface area contributed by atoms with Gasteiger partial charge in [0.25, 0.3) is 5.91 Å². The second-order valence-electron chi connectivity index (χ2n) is 5.58. The Morgan fingerprint density at radius 2 is 2.00 bits per heavy atom. The third-order valence-electron chi connectivity index (χ3n) is 3.57. The zero-order chi connectivity index (χ0) is 19.4. The van der Waals surface area contributed by atoms with Gasteiger partial charge in [0.15, 0.2) is 17.5 Å². The van der Waals surface area contributed by atoms with Gasteiger partial charge in [-0.15, -0.1) is 11.3 Å². The number of hydrogen-bond acceptors (Lipinski definition) is 5. The van der Waals surface area contributed by atoms with E-state index in [-0.39, 0.29) is 18.3 Å². The van der Waals surface area contributed by atoms with Crippen molar-refractivity contribution in [2.24, 2.45) is 0 Å². The Kier molecular flexibility index (Phi) is 6.11. The van der Waals surface area contributed by atoms with Crippen molar-refractivity contribution in [2.45, 2.75) is 6.92 Å². The van der Waals surface area contributed by atoms with Crippen molar-refractivity contribution in [3.8, 4) is 17.0 Å². The highest BCUT2D eigenvalue weighted by atomic mass is 35.5. The average molecular weight is 421 g/mol. The van der Waals surface area contributed by atoms with Gasteiger partial charge in [-0.25, -0.2) is 4.98 Å². The number of ketones is 1. The fourth-order valence-corrected chi connectivity index (χ4v) is 3.49. The van der Waals surface area contributed by atoms with E-state index in [0.29, 0.717) is 32.2 Å². The first kappa shape index (κ1) is 19.4. The predicted octanol–water partition coefficient (Wildman–Crippen LogP) is 5.34. The minimum absolute atomic E-state index is 0.0684. The molecule has 0 bridgehead atoms. The van der Waals surface area contributed by atoms with E-state index < -0.39 is 0 Å². The fraction of sp³-hybridized carbons (Fsp3) is 0.105. The van der Waals surface area contributed by atoms with E-state index >= 15 is 0 Å². The first-order chi connectivity index (χ1) is 12.9. The van der Waals surface area contributed by atoms with Crippen molar-refractivity contribution in [1.29, 1.82) is 0 Å². The van der Waals surface area contributed by atoms with Crippen LogP contribution in [0.4, 0.5) is 5.13 Å². The molecule has 27 heavy (non-hydrogen) atoms. The Bertz CT molecular complexity index is 1000. The highest BCUT2D eigenvalue weighted by Crippen LogP contribution is 2.32. The molecule has 3 aromatic rings. The lowest BCUT2D eigenvalue weighted by Crippen LogP contribution is -2.20. The standard InChI is InChI=1S/C19H14Cl2N2O3S/c1-11(24)12-3-2-4-14(7-12)26-9-18(25)23-19-22-17(10-27-19)15-6-5-13(20)8-16(15)21/h2-8,10H,9H2,1H3,(H,22,23,25). The van der Waals surface area contributed by atoms with Gasteiger partial charge in [-0.2, -0.15) is 0 Å². The summed E-state index contributed by atoms with van der Waals surface area (Å²) in [6, 6.07) is 11.8. The van der Waals surface area contributed by atoms with Crippen LogP contribution in [0.3, 0.4) is 0 Å². The zero-order valence-electron chi connectivity index (χ0n) is 14.2. The molecule has 0 saturated carbocycles. The molecule has 138 valence electrons. The number of nitrogens with one attached hydrogen (secondary N) is 1. The number of thiazole rings is 1. The van der Waals surface area contributed by atoms with E-state index in [9.17, 15) is 9.59 Å². The number of hydrogen-bond donors (Lipinski definition) is 1. The van der Waals surface area contributed by atoms with Crippen LogP contribution in [-0.2, 0) is 4.79 Å². The maximum absolute atomic E-state index is 12.1. The predicted molar refractivity (Wildman–Crippen MR) is 108 cm³/mol. The molecule has 5 nitrogen and oxygen atoms in total. The monoisotopic (exact) mass is 420 g/mol. The lowest BCUT2D eigenvalue weighted by molar-refractivity contribution is -0.118. The lowest BCUT2D eigenvalue weighted by Gasteiger charge is -2.06. The molecule has 8 heteroatoms. The second kappa shape index (κ2) is 8.52. The summed E-state index contributed by atoms with van der Waals surface area (Å²) in [5.41, 5.74) is 1.90. The van der Waals surface area contributed by atoms with Gasteiger partial charge in [0, 0.05) is 21.5 Å². The van der Waals surface area contributed by atoms with Crippen molar-refractivity contribution in [3.05, 3.63) is 63.5 Å². The van der Waals surface area contributed by atoms with Crippen LogP contribution in [0.5, 0.6) is 5.75 Å². The van der Waals surface area contributed by atoms with Crippen LogP contribution >= 0.6 is 34.5 Å². The molecule has 1 N–H and O–H groups in total. The molecular weight excluding hydrogens is 407 g/mol. The SMILES string of the molecule is CC(=O)c1cccc(OCC(=O)Nc2nc(-c3ccc(Cl)cc3Cl)cs2)c1. The maximum Gasteiger partial charge on any atom is 0.264 e. The summed E-state index contributed by atoms with van der Waals surface area (Å²) in [5, 5.41) is 5.93. The molecule has 0 saturated heterocycles. The number of Topliss-reactive ketones (excluding diaryl/α,β-unsaturated/α-hetero) is 1. The quantitative estimate of drug-likeness (QED) is 0.546. The molecule has 0 unspecified atom stereocenters. The number of ether oxygens (including phenoxy) is 1. The molecule has 0 aliphatic heterocycles. The van der Waals surface area contributed by atoms with Gasteiger partial charge in [-0.05, 0) is 37.3 Å². The van der Waals surface area contributed by atoms with Crippen molar-refractivity contribution < 1.29 is 14.3 Å². The van der Waals surface area contributed by atoms with Crippen LogP contribution in [0, 0.1) is 0 Å². The Balaban J connectivity index is 1.61. The summed E-state index contributed by atoms with van der Waals surface area (Å²) in [4.78, 5) is 27.8.